The van der Waals surface area contributed by atoms with E-state index in [9.17, 15) is 8.42 Å². The van der Waals surface area contributed by atoms with Crippen LogP contribution in [-0.4, -0.2) is 31.7 Å². The average molecular weight is 289 g/mol. The molecule has 104 valence electrons. The molecular formula is C15H15NO3S. The van der Waals surface area contributed by atoms with E-state index in [1.807, 2.05) is 24.3 Å². The van der Waals surface area contributed by atoms with Gasteiger partial charge in [0.05, 0.1) is 23.0 Å². The number of likely N-dealkylation sites (tertiary alicyclic amines) is 1. The third kappa shape index (κ3) is 1.66. The smallest absolute Gasteiger partial charge is 0.183 e. The molecule has 1 fully saturated rings. The molecule has 4 rings (SSSR count). The van der Waals surface area contributed by atoms with Crippen molar-refractivity contribution in [2.45, 2.75) is 22.6 Å². The molecule has 0 radical (unpaired) electrons. The first-order chi connectivity index (χ1) is 9.66. The maximum atomic E-state index is 12.6. The molecule has 4 nitrogen and oxygen atoms in total. The topological polar surface area (TPSA) is 50.5 Å². The van der Waals surface area contributed by atoms with Gasteiger partial charge in [-0.1, -0.05) is 18.2 Å². The normalized spacial score (nSPS) is 27.4. The van der Waals surface area contributed by atoms with E-state index in [4.69, 9.17) is 4.42 Å². The van der Waals surface area contributed by atoms with Gasteiger partial charge in [0.15, 0.2) is 9.84 Å². The Morgan fingerprint density at radius 1 is 1.15 bits per heavy atom. The summed E-state index contributed by atoms with van der Waals surface area (Å²) in [5, 5.41) is -0.296. The quantitative estimate of drug-likeness (QED) is 0.849. The van der Waals surface area contributed by atoms with Crippen LogP contribution >= 0.6 is 0 Å². The zero-order valence-corrected chi connectivity index (χ0v) is 11.7. The minimum atomic E-state index is -3.17. The third-order valence-corrected chi connectivity index (χ3v) is 6.58. The van der Waals surface area contributed by atoms with E-state index in [2.05, 4.69) is 4.90 Å². The zero-order chi connectivity index (χ0) is 13.7. The molecule has 5 heteroatoms. The average Bonchev–Trinajstić information content (AvgIpc) is 3.12. The van der Waals surface area contributed by atoms with Gasteiger partial charge in [0, 0.05) is 19.0 Å². The molecule has 0 amide bonds. The molecule has 2 aliphatic heterocycles. The van der Waals surface area contributed by atoms with E-state index in [1.54, 1.807) is 18.4 Å². The predicted molar refractivity (Wildman–Crippen MR) is 74.1 cm³/mol. The van der Waals surface area contributed by atoms with Gasteiger partial charge in [0.1, 0.15) is 5.76 Å². The molecule has 20 heavy (non-hydrogen) atoms. The van der Waals surface area contributed by atoms with Crippen LogP contribution in [-0.2, 0) is 16.4 Å². The van der Waals surface area contributed by atoms with E-state index in [1.165, 1.54) is 0 Å². The summed E-state index contributed by atoms with van der Waals surface area (Å²) in [6, 6.07) is 11.2. The Hall–Kier alpha value is -1.59. The van der Waals surface area contributed by atoms with Crippen LogP contribution in [0.5, 0.6) is 0 Å². The number of furan rings is 1. The summed E-state index contributed by atoms with van der Waals surface area (Å²) >= 11 is 0. The van der Waals surface area contributed by atoms with Gasteiger partial charge in [-0.15, -0.1) is 0 Å². The summed E-state index contributed by atoms with van der Waals surface area (Å²) in [6.07, 6.45) is 1.65. The molecule has 2 atom stereocenters. The number of benzene rings is 1. The molecule has 1 saturated heterocycles. The maximum Gasteiger partial charge on any atom is 0.183 e. The fraction of sp³-hybridized carbons (Fsp3) is 0.333. The number of hydrogen-bond donors (Lipinski definition) is 0. The third-order valence-electron chi connectivity index (χ3n) is 4.32. The van der Waals surface area contributed by atoms with Crippen LogP contribution in [0.4, 0.5) is 0 Å². The van der Waals surface area contributed by atoms with Crippen molar-refractivity contribution in [1.82, 2.24) is 4.90 Å². The number of rotatable bonds is 2. The van der Waals surface area contributed by atoms with E-state index in [-0.39, 0.29) is 11.2 Å². The summed E-state index contributed by atoms with van der Waals surface area (Å²) < 4.78 is 30.5. The monoisotopic (exact) mass is 289 g/mol. The van der Waals surface area contributed by atoms with Crippen LogP contribution in [0.25, 0.3) is 0 Å². The molecule has 0 aliphatic carbocycles. The first-order valence-corrected chi connectivity index (χ1v) is 8.28. The number of sulfone groups is 1. The molecule has 1 aromatic carbocycles. The standard InChI is InChI=1S/C15H15NO3S/c17-20(18)14-6-2-1-5-12(14)13-9-16(10-15(13)20)8-11-4-3-7-19-11/h1-7,13,15H,8-10H2. The van der Waals surface area contributed by atoms with Gasteiger partial charge in [0.2, 0.25) is 0 Å². The Kier molecular flexibility index (Phi) is 2.56. The van der Waals surface area contributed by atoms with Gasteiger partial charge in [-0.2, -0.15) is 0 Å². The molecular weight excluding hydrogens is 274 g/mol. The largest absolute Gasteiger partial charge is 0.468 e. The Bertz CT molecular complexity index is 736. The second kappa shape index (κ2) is 4.20. The second-order valence-electron chi connectivity index (χ2n) is 5.50. The highest BCUT2D eigenvalue weighted by Crippen LogP contribution is 2.44. The summed E-state index contributed by atoms with van der Waals surface area (Å²) in [4.78, 5) is 2.70. The molecule has 2 aliphatic rings. The number of fused-ring (bicyclic) bond motifs is 3. The highest BCUT2D eigenvalue weighted by atomic mass is 32.2. The van der Waals surface area contributed by atoms with Crippen LogP contribution in [0.15, 0.2) is 52.0 Å². The Balaban J connectivity index is 1.66. The van der Waals surface area contributed by atoms with Gasteiger partial charge in [0.25, 0.3) is 0 Å². The molecule has 0 bridgehead atoms. The van der Waals surface area contributed by atoms with Crippen molar-refractivity contribution in [1.29, 1.82) is 0 Å². The fourth-order valence-corrected chi connectivity index (χ4v) is 5.64. The molecule has 0 saturated carbocycles. The van der Waals surface area contributed by atoms with Gasteiger partial charge < -0.3 is 4.42 Å². The molecule has 3 heterocycles. The van der Waals surface area contributed by atoms with Crippen LogP contribution in [0.1, 0.15) is 17.2 Å². The van der Waals surface area contributed by atoms with Gasteiger partial charge in [-0.05, 0) is 23.8 Å². The van der Waals surface area contributed by atoms with Crippen LogP contribution in [0, 0.1) is 0 Å². The van der Waals surface area contributed by atoms with Gasteiger partial charge >= 0.3 is 0 Å². The van der Waals surface area contributed by atoms with E-state index >= 15 is 0 Å². The molecule has 1 aromatic heterocycles. The first-order valence-electron chi connectivity index (χ1n) is 6.74. The first kappa shape index (κ1) is 12.2. The molecule has 2 unspecified atom stereocenters. The lowest BCUT2D eigenvalue weighted by Crippen LogP contribution is -2.25. The lowest BCUT2D eigenvalue weighted by atomic mass is 9.99. The number of hydrogen-bond acceptors (Lipinski definition) is 4. The predicted octanol–water partition coefficient (Wildman–Crippen LogP) is 2.03. The van der Waals surface area contributed by atoms with Crippen molar-refractivity contribution in [3.63, 3.8) is 0 Å². The van der Waals surface area contributed by atoms with Gasteiger partial charge in [-0.25, -0.2) is 8.42 Å². The van der Waals surface area contributed by atoms with Crippen LogP contribution in [0.2, 0.25) is 0 Å². The zero-order valence-electron chi connectivity index (χ0n) is 10.9. The Morgan fingerprint density at radius 2 is 2.00 bits per heavy atom. The maximum absolute atomic E-state index is 12.6. The highest BCUT2D eigenvalue weighted by Gasteiger charge is 2.49. The minimum absolute atomic E-state index is 0.103. The molecule has 0 spiro atoms. The lowest BCUT2D eigenvalue weighted by Gasteiger charge is -2.15. The summed E-state index contributed by atoms with van der Waals surface area (Å²) in [5.41, 5.74) is 0.986. The Morgan fingerprint density at radius 3 is 2.80 bits per heavy atom. The minimum Gasteiger partial charge on any atom is -0.468 e. The van der Waals surface area contributed by atoms with Crippen molar-refractivity contribution >= 4 is 9.84 Å². The molecule has 0 N–H and O–H groups in total. The second-order valence-corrected chi connectivity index (χ2v) is 7.64. The summed E-state index contributed by atoms with van der Waals surface area (Å²) in [5.74, 6) is 0.988. The molecule has 2 aromatic rings. The van der Waals surface area contributed by atoms with Crippen molar-refractivity contribution in [3.05, 3.63) is 54.0 Å². The SMILES string of the molecule is O=S1(=O)c2ccccc2C2CN(Cc3ccco3)CC21. The van der Waals surface area contributed by atoms with Gasteiger partial charge in [-0.3, -0.25) is 4.90 Å². The van der Waals surface area contributed by atoms with E-state index in [0.29, 0.717) is 18.0 Å². The summed E-state index contributed by atoms with van der Waals surface area (Å²) in [7, 11) is -3.17. The van der Waals surface area contributed by atoms with Crippen molar-refractivity contribution < 1.29 is 12.8 Å². The Labute approximate surface area is 117 Å². The van der Waals surface area contributed by atoms with Crippen molar-refractivity contribution in [3.8, 4) is 0 Å². The lowest BCUT2D eigenvalue weighted by molar-refractivity contribution is 0.293. The van der Waals surface area contributed by atoms with Crippen LogP contribution in [0.3, 0.4) is 0 Å². The highest BCUT2D eigenvalue weighted by molar-refractivity contribution is 7.92. The van der Waals surface area contributed by atoms with Crippen molar-refractivity contribution in [2.24, 2.45) is 0 Å². The van der Waals surface area contributed by atoms with E-state index < -0.39 is 9.84 Å². The van der Waals surface area contributed by atoms with Crippen LogP contribution < -0.4 is 0 Å². The van der Waals surface area contributed by atoms with Crippen molar-refractivity contribution in [2.75, 3.05) is 13.1 Å². The fourth-order valence-electron chi connectivity index (χ4n) is 3.43. The number of nitrogens with zero attached hydrogens (tertiary/aromatic N) is 1. The van der Waals surface area contributed by atoms with E-state index in [0.717, 1.165) is 17.9 Å². The summed E-state index contributed by atoms with van der Waals surface area (Å²) in [6.45, 7) is 2.04.